The molecule has 0 amide bonds. The van der Waals surface area contributed by atoms with Gasteiger partial charge in [-0.25, -0.2) is 9.78 Å². The van der Waals surface area contributed by atoms with Gasteiger partial charge in [-0.1, -0.05) is 29.8 Å². The zero-order valence-electron chi connectivity index (χ0n) is 20.2. The summed E-state index contributed by atoms with van der Waals surface area (Å²) in [6.45, 7) is 7.65. The number of nitrogens with zero attached hydrogens (tertiary/aromatic N) is 3. The number of aromatic nitrogens is 2. The Morgan fingerprint density at radius 1 is 1.20 bits per heavy atom. The summed E-state index contributed by atoms with van der Waals surface area (Å²) < 4.78 is 19.0. The second-order valence-corrected chi connectivity index (χ2v) is 9.62. The van der Waals surface area contributed by atoms with Gasteiger partial charge in [0, 0.05) is 10.4 Å². The molecule has 3 rings (SSSR count). The fourth-order valence-electron chi connectivity index (χ4n) is 3.32. The molecule has 1 heterocycles. The number of halogens is 2. The third-order valence-corrected chi connectivity index (χ3v) is 6.46. The lowest BCUT2D eigenvalue weighted by Crippen LogP contribution is -2.26. The van der Waals surface area contributed by atoms with Crippen LogP contribution in [-0.2, 0) is 9.53 Å². The fraction of sp³-hybridized carbons (Fsp3) is 0.360. The Kier molecular flexibility index (Phi) is 9.07. The van der Waals surface area contributed by atoms with Crippen molar-refractivity contribution < 1.29 is 19.0 Å². The maximum absolute atomic E-state index is 13.3. The average molecular weight is 609 g/mol. The molecule has 0 aliphatic carbocycles. The van der Waals surface area contributed by atoms with E-state index in [9.17, 15) is 9.59 Å². The molecule has 0 spiro atoms. The first kappa shape index (κ1) is 26.9. The van der Waals surface area contributed by atoms with Gasteiger partial charge in [0.05, 0.1) is 35.3 Å². The lowest BCUT2D eigenvalue weighted by molar-refractivity contribution is -0.150. The minimum Gasteiger partial charge on any atom is -0.493 e. The maximum Gasteiger partial charge on any atom is 0.347 e. The number of methoxy groups -OCH3 is 1. The van der Waals surface area contributed by atoms with Gasteiger partial charge < -0.3 is 14.2 Å². The fourth-order valence-corrected chi connectivity index (χ4v) is 4.23. The van der Waals surface area contributed by atoms with E-state index in [0.717, 1.165) is 10.9 Å². The van der Waals surface area contributed by atoms with E-state index >= 15 is 0 Å². The number of carbonyl (C=O) groups excluding carboxylic acids is 1. The lowest BCUT2D eigenvalue weighted by atomic mass is 10.1. The molecule has 2 aromatic carbocycles. The van der Waals surface area contributed by atoms with E-state index in [1.807, 2.05) is 26.0 Å². The Bertz CT molecular complexity index is 1320. The molecule has 0 aliphatic heterocycles. The number of hydrogen-bond donors (Lipinski definition) is 0. The molecular formula is C25H27Br2N3O5. The topological polar surface area (TPSA) is 92.0 Å². The molecule has 8 nitrogen and oxygen atoms in total. The molecule has 0 unspecified atom stereocenters. The van der Waals surface area contributed by atoms with Gasteiger partial charge in [-0.15, -0.1) is 0 Å². The van der Waals surface area contributed by atoms with E-state index < -0.39 is 12.1 Å². The molecule has 0 bridgehead atoms. The number of esters is 1. The van der Waals surface area contributed by atoms with E-state index in [4.69, 9.17) is 19.2 Å². The lowest BCUT2D eigenvalue weighted by Gasteiger charge is -2.17. The van der Waals surface area contributed by atoms with Crippen molar-refractivity contribution in [3.05, 3.63) is 61.0 Å². The van der Waals surface area contributed by atoms with Crippen molar-refractivity contribution in [3.63, 3.8) is 0 Å². The van der Waals surface area contributed by atoms with Crippen molar-refractivity contribution >= 4 is 54.9 Å². The number of ether oxygens (including phenoxy) is 3. The summed E-state index contributed by atoms with van der Waals surface area (Å²) in [5.41, 5.74) is 1.03. The predicted octanol–water partition coefficient (Wildman–Crippen LogP) is 5.66. The van der Waals surface area contributed by atoms with Crippen LogP contribution in [0.3, 0.4) is 0 Å². The van der Waals surface area contributed by atoms with Crippen molar-refractivity contribution in [2.45, 2.75) is 46.1 Å². The first-order valence-electron chi connectivity index (χ1n) is 11.2. The summed E-state index contributed by atoms with van der Waals surface area (Å²) in [6.07, 6.45) is 1.54. The Labute approximate surface area is 220 Å². The standard InChI is InChI=1S/C25H27Br2N3O5/c1-6-14(3)23-29-20-9-8-17(26)12-18(20)24(31)30(23)28-13-16-10-19(27)22(21(11-16)33-5)35-15(4)25(32)34-7-2/h8-15H,6-7H2,1-5H3/t14-,15+/m1/s1. The Hall–Kier alpha value is -2.72. The molecule has 1 aromatic heterocycles. The minimum absolute atomic E-state index is 0.0225. The van der Waals surface area contributed by atoms with Crippen molar-refractivity contribution in [2.75, 3.05) is 13.7 Å². The van der Waals surface area contributed by atoms with Crippen LogP contribution < -0.4 is 15.0 Å². The van der Waals surface area contributed by atoms with Gasteiger partial charge >= 0.3 is 5.97 Å². The van der Waals surface area contributed by atoms with E-state index in [-0.39, 0.29) is 18.1 Å². The molecular weight excluding hydrogens is 582 g/mol. The van der Waals surface area contributed by atoms with E-state index in [1.54, 1.807) is 38.3 Å². The number of benzene rings is 2. The SMILES string of the molecule is CCOC(=O)[C@H](C)Oc1c(Br)cc(C=Nn2c([C@H](C)CC)nc3ccc(Br)cc3c2=O)cc1OC. The summed E-state index contributed by atoms with van der Waals surface area (Å²) >= 11 is 6.90. The average Bonchev–Trinajstić information content (AvgIpc) is 2.84. The maximum atomic E-state index is 13.3. The van der Waals surface area contributed by atoms with Crippen LogP contribution in [0.5, 0.6) is 11.5 Å². The number of carbonyl (C=O) groups is 1. The van der Waals surface area contributed by atoms with Crippen LogP contribution in [0.15, 0.2) is 49.2 Å². The van der Waals surface area contributed by atoms with Gasteiger partial charge in [0.25, 0.3) is 5.56 Å². The summed E-state index contributed by atoms with van der Waals surface area (Å²) in [5, 5.41) is 4.97. The highest BCUT2D eigenvalue weighted by Gasteiger charge is 2.21. The zero-order chi connectivity index (χ0) is 25.7. The molecule has 0 saturated carbocycles. The van der Waals surface area contributed by atoms with Crippen LogP contribution in [-0.4, -0.2) is 41.7 Å². The van der Waals surface area contributed by atoms with Crippen LogP contribution in [0.25, 0.3) is 10.9 Å². The largest absolute Gasteiger partial charge is 0.493 e. The van der Waals surface area contributed by atoms with Gasteiger partial charge in [0.1, 0.15) is 5.82 Å². The van der Waals surface area contributed by atoms with Crippen molar-refractivity contribution in [3.8, 4) is 11.5 Å². The smallest absolute Gasteiger partial charge is 0.347 e. The summed E-state index contributed by atoms with van der Waals surface area (Å²) in [4.78, 5) is 30.0. The monoisotopic (exact) mass is 607 g/mol. The summed E-state index contributed by atoms with van der Waals surface area (Å²) in [7, 11) is 1.50. The zero-order valence-corrected chi connectivity index (χ0v) is 23.3. The second-order valence-electron chi connectivity index (χ2n) is 7.85. The third kappa shape index (κ3) is 6.10. The Morgan fingerprint density at radius 3 is 2.60 bits per heavy atom. The highest BCUT2D eigenvalue weighted by molar-refractivity contribution is 9.10. The van der Waals surface area contributed by atoms with Gasteiger partial charge in [-0.3, -0.25) is 4.79 Å². The van der Waals surface area contributed by atoms with Gasteiger partial charge in [-0.2, -0.15) is 9.78 Å². The summed E-state index contributed by atoms with van der Waals surface area (Å²) in [5.74, 6) is 0.888. The Morgan fingerprint density at radius 2 is 1.94 bits per heavy atom. The minimum atomic E-state index is -0.820. The van der Waals surface area contributed by atoms with Gasteiger partial charge in [-0.05, 0) is 72.1 Å². The van der Waals surface area contributed by atoms with Crippen molar-refractivity contribution in [1.29, 1.82) is 0 Å². The molecule has 35 heavy (non-hydrogen) atoms. The first-order chi connectivity index (χ1) is 16.7. The molecule has 10 heteroatoms. The van der Waals surface area contributed by atoms with Crippen LogP contribution >= 0.6 is 31.9 Å². The molecule has 0 saturated heterocycles. The molecule has 0 N–H and O–H groups in total. The van der Waals surface area contributed by atoms with Gasteiger partial charge in [0.2, 0.25) is 0 Å². The van der Waals surface area contributed by atoms with Crippen molar-refractivity contribution in [1.82, 2.24) is 9.66 Å². The van der Waals surface area contributed by atoms with Crippen molar-refractivity contribution in [2.24, 2.45) is 5.10 Å². The second kappa shape index (κ2) is 11.8. The Balaban J connectivity index is 2.04. The molecule has 0 aliphatic rings. The molecule has 0 radical (unpaired) electrons. The predicted molar refractivity (Wildman–Crippen MR) is 143 cm³/mol. The molecule has 186 valence electrons. The van der Waals surface area contributed by atoms with Crippen LogP contribution in [0, 0.1) is 0 Å². The highest BCUT2D eigenvalue weighted by Crippen LogP contribution is 2.37. The van der Waals surface area contributed by atoms with Crippen LogP contribution in [0.1, 0.15) is 51.4 Å². The van der Waals surface area contributed by atoms with E-state index in [1.165, 1.54) is 11.8 Å². The molecule has 0 fully saturated rings. The number of fused-ring (bicyclic) bond motifs is 1. The number of rotatable bonds is 9. The highest BCUT2D eigenvalue weighted by atomic mass is 79.9. The number of hydrogen-bond acceptors (Lipinski definition) is 7. The first-order valence-corrected chi connectivity index (χ1v) is 12.8. The third-order valence-electron chi connectivity index (χ3n) is 5.37. The molecule has 3 aromatic rings. The normalized spacial score (nSPS) is 13.1. The van der Waals surface area contributed by atoms with Crippen LogP contribution in [0.2, 0.25) is 0 Å². The van der Waals surface area contributed by atoms with Gasteiger partial charge in [0.15, 0.2) is 17.6 Å². The van der Waals surface area contributed by atoms with Crippen LogP contribution in [0.4, 0.5) is 0 Å². The van der Waals surface area contributed by atoms with E-state index in [2.05, 4.69) is 37.0 Å². The van der Waals surface area contributed by atoms with E-state index in [0.29, 0.717) is 38.3 Å². The quantitative estimate of drug-likeness (QED) is 0.230. The molecule has 2 atom stereocenters. The summed E-state index contributed by atoms with van der Waals surface area (Å²) in [6, 6.07) is 8.89.